The molecule has 6 heteroatoms. The van der Waals surface area contributed by atoms with Gasteiger partial charge in [-0.25, -0.2) is 17.5 Å². The number of benzene rings is 1. The minimum absolute atomic E-state index is 0.125. The number of aliphatic hydroxyl groups excluding tert-OH is 1. The van der Waals surface area contributed by atoms with E-state index >= 15 is 0 Å². The molecule has 0 atom stereocenters. The van der Waals surface area contributed by atoms with Crippen LogP contribution < -0.4 is 4.72 Å². The van der Waals surface area contributed by atoms with Gasteiger partial charge in [0.25, 0.3) is 0 Å². The summed E-state index contributed by atoms with van der Waals surface area (Å²) in [7, 11) is -3.88. The van der Waals surface area contributed by atoms with Crippen molar-refractivity contribution in [1.82, 2.24) is 4.72 Å². The fraction of sp³-hybridized carbons (Fsp3) is 0.571. The van der Waals surface area contributed by atoms with E-state index in [0.29, 0.717) is 5.56 Å². The molecule has 1 aliphatic rings. The molecule has 1 aliphatic carbocycles. The van der Waals surface area contributed by atoms with Crippen LogP contribution in [0, 0.1) is 5.82 Å². The van der Waals surface area contributed by atoms with Crippen molar-refractivity contribution in [3.05, 3.63) is 29.6 Å². The van der Waals surface area contributed by atoms with Gasteiger partial charge >= 0.3 is 0 Å². The summed E-state index contributed by atoms with van der Waals surface area (Å²) in [4.78, 5) is -0.381. The van der Waals surface area contributed by atoms with E-state index in [9.17, 15) is 12.8 Å². The van der Waals surface area contributed by atoms with Gasteiger partial charge in [-0.2, -0.15) is 0 Å². The van der Waals surface area contributed by atoms with E-state index in [-0.39, 0.29) is 17.5 Å². The molecule has 1 aromatic rings. The molecule has 0 heterocycles. The second kappa shape index (κ2) is 6.65. The Labute approximate surface area is 119 Å². The topological polar surface area (TPSA) is 66.4 Å². The zero-order chi connectivity index (χ0) is 14.6. The Hall–Kier alpha value is -0.980. The third-order valence-electron chi connectivity index (χ3n) is 3.64. The summed E-state index contributed by atoms with van der Waals surface area (Å²) < 4.78 is 40.9. The monoisotopic (exact) mass is 301 g/mol. The maximum atomic E-state index is 13.7. The first kappa shape index (κ1) is 15.4. The first-order chi connectivity index (χ1) is 9.53. The van der Waals surface area contributed by atoms with E-state index in [4.69, 9.17) is 5.11 Å². The van der Waals surface area contributed by atoms with E-state index in [0.717, 1.165) is 44.6 Å². The molecule has 0 amide bonds. The van der Waals surface area contributed by atoms with Crippen LogP contribution in [0.25, 0.3) is 0 Å². The maximum absolute atomic E-state index is 13.7. The van der Waals surface area contributed by atoms with Crippen molar-refractivity contribution in [2.75, 3.05) is 0 Å². The Bertz CT molecular complexity index is 552. The number of sulfonamides is 1. The Balaban J connectivity index is 2.21. The number of nitrogens with one attached hydrogen (secondary N) is 1. The lowest BCUT2D eigenvalue weighted by molar-refractivity contribution is 0.281. The van der Waals surface area contributed by atoms with Gasteiger partial charge in [0, 0.05) is 6.04 Å². The van der Waals surface area contributed by atoms with Crippen LogP contribution in [0.15, 0.2) is 23.1 Å². The van der Waals surface area contributed by atoms with E-state index in [1.807, 2.05) is 0 Å². The molecular weight excluding hydrogens is 281 g/mol. The smallest absolute Gasteiger partial charge is 0.243 e. The SMILES string of the molecule is O=S(=O)(NC1CCCCCC1)c1cc(CO)ccc1F. The van der Waals surface area contributed by atoms with E-state index in [1.165, 1.54) is 12.1 Å². The molecule has 4 nitrogen and oxygen atoms in total. The zero-order valence-electron chi connectivity index (χ0n) is 11.3. The minimum atomic E-state index is -3.88. The van der Waals surface area contributed by atoms with Crippen LogP contribution >= 0.6 is 0 Å². The van der Waals surface area contributed by atoms with E-state index < -0.39 is 15.8 Å². The van der Waals surface area contributed by atoms with Crippen LogP contribution in [-0.4, -0.2) is 19.6 Å². The molecule has 0 aliphatic heterocycles. The summed E-state index contributed by atoms with van der Waals surface area (Å²) in [6.45, 7) is -0.313. The lowest BCUT2D eigenvalue weighted by Gasteiger charge is -2.17. The Morgan fingerprint density at radius 1 is 1.20 bits per heavy atom. The molecule has 112 valence electrons. The summed E-state index contributed by atoms with van der Waals surface area (Å²) in [6.07, 6.45) is 5.80. The standard InChI is InChI=1S/C14H20FNO3S/c15-13-8-7-11(10-17)9-14(13)20(18,19)16-12-5-3-1-2-4-6-12/h7-9,12,16-17H,1-6,10H2. The number of aliphatic hydroxyl groups is 1. The lowest BCUT2D eigenvalue weighted by atomic mass is 10.1. The molecule has 1 saturated carbocycles. The highest BCUT2D eigenvalue weighted by Gasteiger charge is 2.24. The molecule has 0 saturated heterocycles. The van der Waals surface area contributed by atoms with Crippen LogP contribution in [0.4, 0.5) is 4.39 Å². The average Bonchev–Trinajstić information content (AvgIpc) is 2.67. The molecule has 2 rings (SSSR count). The second-order valence-corrected chi connectivity index (χ2v) is 6.92. The van der Waals surface area contributed by atoms with Crippen molar-refractivity contribution in [2.24, 2.45) is 0 Å². The Kier molecular flexibility index (Phi) is 5.12. The average molecular weight is 301 g/mol. The Morgan fingerprint density at radius 3 is 2.45 bits per heavy atom. The van der Waals surface area contributed by atoms with Gasteiger partial charge in [0.05, 0.1) is 6.61 Å². The number of hydrogen-bond acceptors (Lipinski definition) is 3. The van der Waals surface area contributed by atoms with Crippen molar-refractivity contribution < 1.29 is 17.9 Å². The highest BCUT2D eigenvalue weighted by atomic mass is 32.2. The van der Waals surface area contributed by atoms with Gasteiger partial charge in [0.1, 0.15) is 10.7 Å². The van der Waals surface area contributed by atoms with Gasteiger partial charge in [-0.15, -0.1) is 0 Å². The van der Waals surface area contributed by atoms with Crippen LogP contribution in [0.5, 0.6) is 0 Å². The van der Waals surface area contributed by atoms with Gasteiger partial charge in [-0.05, 0) is 30.5 Å². The van der Waals surface area contributed by atoms with Gasteiger partial charge in [-0.1, -0.05) is 31.7 Å². The highest BCUT2D eigenvalue weighted by molar-refractivity contribution is 7.89. The molecule has 2 N–H and O–H groups in total. The van der Waals surface area contributed by atoms with Crippen LogP contribution in [-0.2, 0) is 16.6 Å². The molecular formula is C14H20FNO3S. The number of rotatable bonds is 4. The fourth-order valence-corrected chi connectivity index (χ4v) is 3.96. The van der Waals surface area contributed by atoms with Gasteiger partial charge < -0.3 is 5.11 Å². The molecule has 0 radical (unpaired) electrons. The van der Waals surface area contributed by atoms with Crippen LogP contribution in [0.2, 0.25) is 0 Å². The third-order valence-corrected chi connectivity index (χ3v) is 5.18. The van der Waals surface area contributed by atoms with Crippen LogP contribution in [0.1, 0.15) is 44.1 Å². The summed E-state index contributed by atoms with van der Waals surface area (Å²) in [5.41, 5.74) is 0.382. The lowest BCUT2D eigenvalue weighted by Crippen LogP contribution is -2.34. The first-order valence-electron chi connectivity index (χ1n) is 6.94. The summed E-state index contributed by atoms with van der Waals surface area (Å²) in [5, 5.41) is 9.04. The van der Waals surface area contributed by atoms with Crippen molar-refractivity contribution >= 4 is 10.0 Å². The normalized spacial score (nSPS) is 17.9. The van der Waals surface area contributed by atoms with Gasteiger partial charge in [0.15, 0.2) is 0 Å². The summed E-state index contributed by atoms with van der Waals surface area (Å²) >= 11 is 0. The van der Waals surface area contributed by atoms with E-state index in [1.54, 1.807) is 0 Å². The molecule has 1 aromatic carbocycles. The highest BCUT2D eigenvalue weighted by Crippen LogP contribution is 2.21. The molecule has 0 spiro atoms. The molecule has 0 aromatic heterocycles. The predicted molar refractivity (Wildman–Crippen MR) is 74.1 cm³/mol. The molecule has 1 fully saturated rings. The molecule has 0 bridgehead atoms. The van der Waals surface area contributed by atoms with Crippen molar-refractivity contribution in [3.63, 3.8) is 0 Å². The first-order valence-corrected chi connectivity index (χ1v) is 8.43. The minimum Gasteiger partial charge on any atom is -0.392 e. The quantitative estimate of drug-likeness (QED) is 0.839. The van der Waals surface area contributed by atoms with Crippen molar-refractivity contribution in [1.29, 1.82) is 0 Å². The fourth-order valence-electron chi connectivity index (χ4n) is 2.53. The van der Waals surface area contributed by atoms with Crippen molar-refractivity contribution in [3.8, 4) is 0 Å². The third kappa shape index (κ3) is 3.77. The number of halogens is 1. The zero-order valence-corrected chi connectivity index (χ0v) is 12.1. The largest absolute Gasteiger partial charge is 0.392 e. The van der Waals surface area contributed by atoms with Crippen molar-refractivity contribution in [2.45, 2.75) is 56.1 Å². The predicted octanol–water partition coefficient (Wildman–Crippen LogP) is 2.32. The number of hydrogen-bond donors (Lipinski definition) is 2. The second-order valence-electron chi connectivity index (χ2n) is 5.23. The van der Waals surface area contributed by atoms with Gasteiger partial charge in [-0.3, -0.25) is 0 Å². The van der Waals surface area contributed by atoms with E-state index in [2.05, 4.69) is 4.72 Å². The molecule has 0 unspecified atom stereocenters. The Morgan fingerprint density at radius 2 is 1.85 bits per heavy atom. The summed E-state index contributed by atoms with van der Waals surface area (Å²) in [5.74, 6) is -0.789. The van der Waals surface area contributed by atoms with Crippen LogP contribution in [0.3, 0.4) is 0 Å². The molecule has 20 heavy (non-hydrogen) atoms. The van der Waals surface area contributed by atoms with Gasteiger partial charge in [0.2, 0.25) is 10.0 Å². The maximum Gasteiger partial charge on any atom is 0.243 e. The summed E-state index contributed by atoms with van der Waals surface area (Å²) in [6, 6.07) is 3.52.